The van der Waals surface area contributed by atoms with Crippen molar-refractivity contribution in [2.24, 2.45) is 10.9 Å². The van der Waals surface area contributed by atoms with Gasteiger partial charge in [0.2, 0.25) is 0 Å². The van der Waals surface area contributed by atoms with Gasteiger partial charge in [0.25, 0.3) is 0 Å². The van der Waals surface area contributed by atoms with Gasteiger partial charge in [-0.15, -0.1) is 0 Å². The third kappa shape index (κ3) is 6.27. The quantitative estimate of drug-likeness (QED) is 0.258. The lowest BCUT2D eigenvalue weighted by molar-refractivity contribution is -0.139. The molecule has 5 rings (SSSR count). The van der Waals surface area contributed by atoms with Gasteiger partial charge in [-0.1, -0.05) is 73.7 Å². The average molecular weight is 552 g/mol. The van der Waals surface area contributed by atoms with Gasteiger partial charge in [-0.3, -0.25) is 9.79 Å². The van der Waals surface area contributed by atoms with Crippen molar-refractivity contribution in [3.05, 3.63) is 107 Å². The largest absolute Gasteiger partial charge is 0.493 e. The first-order chi connectivity index (χ1) is 20.0. The lowest BCUT2D eigenvalue weighted by Crippen LogP contribution is -2.41. The molecule has 1 heterocycles. The van der Waals surface area contributed by atoms with Crippen LogP contribution in [0.1, 0.15) is 61.6 Å². The summed E-state index contributed by atoms with van der Waals surface area (Å²) in [5.74, 6) is -0.149. The number of esters is 1. The van der Waals surface area contributed by atoms with E-state index in [0.29, 0.717) is 48.6 Å². The van der Waals surface area contributed by atoms with Crippen molar-refractivity contribution >= 4 is 17.5 Å². The topological polar surface area (TPSA) is 74.2 Å². The molecule has 2 aliphatic rings. The number of ether oxygens (including phenoxy) is 3. The maximum atomic E-state index is 13.9. The van der Waals surface area contributed by atoms with Crippen LogP contribution in [0.5, 0.6) is 11.5 Å². The molecule has 0 radical (unpaired) electrons. The minimum atomic E-state index is -0.539. The number of allylic oxidation sites excluding steroid dienone is 1. The van der Waals surface area contributed by atoms with Gasteiger partial charge in [0.15, 0.2) is 11.5 Å². The second-order valence-electron chi connectivity index (χ2n) is 10.7. The molecule has 1 aliphatic heterocycles. The highest BCUT2D eigenvalue weighted by Gasteiger charge is 2.46. The van der Waals surface area contributed by atoms with Gasteiger partial charge in [0.05, 0.1) is 31.8 Å². The van der Waals surface area contributed by atoms with E-state index < -0.39 is 17.8 Å². The van der Waals surface area contributed by atoms with Crippen molar-refractivity contribution < 1.29 is 23.8 Å². The van der Waals surface area contributed by atoms with Gasteiger partial charge in [0, 0.05) is 30.2 Å². The number of fused-ring (bicyclic) bond motifs is 1. The SMILES string of the molecule is CCCOc1ccc([C@@H]2C(C(=O)OCCc3ccccc3)=C(C)N=C3C[C@H](c4ccccc4)CC(=O)C32)cc1OC. The first-order valence-corrected chi connectivity index (χ1v) is 14.4. The number of hydrogen-bond acceptors (Lipinski definition) is 6. The van der Waals surface area contributed by atoms with Crippen LogP contribution >= 0.6 is 0 Å². The number of carbonyl (C=O) groups is 2. The zero-order valence-electron chi connectivity index (χ0n) is 24.0. The Morgan fingerprint density at radius 2 is 1.61 bits per heavy atom. The number of ketones is 1. The van der Waals surface area contributed by atoms with Crippen molar-refractivity contribution in [2.75, 3.05) is 20.3 Å². The fourth-order valence-corrected chi connectivity index (χ4v) is 5.96. The second-order valence-corrected chi connectivity index (χ2v) is 10.7. The summed E-state index contributed by atoms with van der Waals surface area (Å²) in [5, 5.41) is 0. The molecule has 0 bridgehead atoms. The molecule has 0 spiro atoms. The fourth-order valence-electron chi connectivity index (χ4n) is 5.96. The number of hydrogen-bond donors (Lipinski definition) is 0. The summed E-state index contributed by atoms with van der Waals surface area (Å²) < 4.78 is 17.4. The van der Waals surface area contributed by atoms with Crippen LogP contribution in [0.3, 0.4) is 0 Å². The van der Waals surface area contributed by atoms with E-state index in [4.69, 9.17) is 19.2 Å². The normalized spacial score (nSPS) is 20.2. The Hall–Kier alpha value is -4.19. The molecule has 1 saturated carbocycles. The monoisotopic (exact) mass is 551 g/mol. The highest BCUT2D eigenvalue weighted by Crippen LogP contribution is 2.47. The minimum Gasteiger partial charge on any atom is -0.493 e. The third-order valence-corrected chi connectivity index (χ3v) is 7.92. The number of methoxy groups -OCH3 is 1. The molecule has 1 fully saturated rings. The zero-order valence-corrected chi connectivity index (χ0v) is 24.0. The zero-order chi connectivity index (χ0) is 28.8. The summed E-state index contributed by atoms with van der Waals surface area (Å²) >= 11 is 0. The molecule has 41 heavy (non-hydrogen) atoms. The van der Waals surface area contributed by atoms with Crippen LogP contribution in [0.25, 0.3) is 0 Å². The lowest BCUT2D eigenvalue weighted by Gasteiger charge is -2.38. The second kappa shape index (κ2) is 13.0. The predicted molar refractivity (Wildman–Crippen MR) is 160 cm³/mol. The van der Waals surface area contributed by atoms with Crippen molar-refractivity contribution in [2.45, 2.75) is 51.4 Å². The standard InChI is InChI=1S/C35H37NO5/c1-4-18-40-30-16-15-26(22-31(30)39-3)33-32(35(38)41-19-17-24-11-7-5-8-12-24)23(2)36-28-20-27(21-29(37)34(28)33)25-13-9-6-10-14-25/h5-16,22,27,33-34H,4,17-21H2,1-3H3/t27-,33+,34?/m0/s1. The van der Waals surface area contributed by atoms with Gasteiger partial charge >= 0.3 is 5.97 Å². The fraction of sp³-hybridized carbons (Fsp3) is 0.343. The average Bonchev–Trinajstić information content (AvgIpc) is 3.00. The Balaban J connectivity index is 1.50. The van der Waals surface area contributed by atoms with Crippen LogP contribution < -0.4 is 9.47 Å². The lowest BCUT2D eigenvalue weighted by atomic mass is 9.66. The van der Waals surface area contributed by atoms with Gasteiger partial charge in [-0.25, -0.2) is 4.79 Å². The number of nitrogens with zero attached hydrogens (tertiary/aromatic N) is 1. The first-order valence-electron chi connectivity index (χ1n) is 14.4. The highest BCUT2D eigenvalue weighted by atomic mass is 16.5. The molecule has 212 valence electrons. The molecular formula is C35H37NO5. The number of benzene rings is 3. The molecule has 3 aromatic rings. The smallest absolute Gasteiger partial charge is 0.336 e. The molecule has 6 heteroatoms. The molecular weight excluding hydrogens is 514 g/mol. The molecule has 6 nitrogen and oxygen atoms in total. The van der Waals surface area contributed by atoms with E-state index in [-0.39, 0.29) is 18.3 Å². The maximum absolute atomic E-state index is 13.9. The van der Waals surface area contributed by atoms with Crippen LogP contribution in [0, 0.1) is 5.92 Å². The summed E-state index contributed by atoms with van der Waals surface area (Å²) in [7, 11) is 1.60. The molecule has 0 amide bonds. The molecule has 1 unspecified atom stereocenters. The summed E-state index contributed by atoms with van der Waals surface area (Å²) in [6, 6.07) is 25.7. The summed E-state index contributed by atoms with van der Waals surface area (Å²) in [6.07, 6.45) is 2.54. The number of aliphatic imine (C=N–C) groups is 1. The van der Waals surface area contributed by atoms with Gasteiger partial charge in [-0.2, -0.15) is 0 Å². The highest BCUT2D eigenvalue weighted by molar-refractivity contribution is 6.12. The van der Waals surface area contributed by atoms with Crippen LogP contribution in [-0.2, 0) is 20.7 Å². The number of carbonyl (C=O) groups excluding carboxylic acids is 2. The van der Waals surface area contributed by atoms with E-state index in [0.717, 1.165) is 28.8 Å². The maximum Gasteiger partial charge on any atom is 0.336 e. The Morgan fingerprint density at radius 1 is 0.878 bits per heavy atom. The Morgan fingerprint density at radius 3 is 2.32 bits per heavy atom. The van der Waals surface area contributed by atoms with E-state index in [2.05, 4.69) is 12.1 Å². The summed E-state index contributed by atoms with van der Waals surface area (Å²) in [6.45, 7) is 4.70. The Kier molecular flexibility index (Phi) is 8.98. The van der Waals surface area contributed by atoms with Crippen LogP contribution in [0.15, 0.2) is 95.1 Å². The molecule has 0 N–H and O–H groups in total. The summed E-state index contributed by atoms with van der Waals surface area (Å²) in [5.41, 5.74) is 4.88. The molecule has 1 aliphatic carbocycles. The third-order valence-electron chi connectivity index (χ3n) is 7.92. The molecule has 3 atom stereocenters. The molecule has 0 aromatic heterocycles. The van der Waals surface area contributed by atoms with Gasteiger partial charge in [-0.05, 0) is 54.5 Å². The molecule has 0 saturated heterocycles. The van der Waals surface area contributed by atoms with Gasteiger partial charge < -0.3 is 14.2 Å². The van der Waals surface area contributed by atoms with Crippen LogP contribution in [-0.4, -0.2) is 37.8 Å². The molecule has 3 aromatic carbocycles. The van der Waals surface area contributed by atoms with Crippen LogP contribution in [0.4, 0.5) is 0 Å². The Bertz CT molecular complexity index is 1440. The number of Topliss-reactive ketones (excluding diaryl/α,β-unsaturated/α-hetero) is 1. The minimum absolute atomic E-state index is 0.0610. The van der Waals surface area contributed by atoms with Crippen molar-refractivity contribution in [3.63, 3.8) is 0 Å². The van der Waals surface area contributed by atoms with E-state index in [1.54, 1.807) is 7.11 Å². The van der Waals surface area contributed by atoms with Crippen molar-refractivity contribution in [3.8, 4) is 11.5 Å². The van der Waals surface area contributed by atoms with Crippen molar-refractivity contribution in [1.82, 2.24) is 0 Å². The Labute approximate surface area is 242 Å². The van der Waals surface area contributed by atoms with E-state index in [1.807, 2.05) is 80.6 Å². The predicted octanol–water partition coefficient (Wildman–Crippen LogP) is 6.85. The van der Waals surface area contributed by atoms with Crippen molar-refractivity contribution in [1.29, 1.82) is 0 Å². The summed E-state index contributed by atoms with van der Waals surface area (Å²) in [4.78, 5) is 32.5. The van der Waals surface area contributed by atoms with E-state index >= 15 is 0 Å². The van der Waals surface area contributed by atoms with Crippen LogP contribution in [0.2, 0.25) is 0 Å². The van der Waals surface area contributed by atoms with Gasteiger partial charge in [0.1, 0.15) is 5.78 Å². The van der Waals surface area contributed by atoms with E-state index in [1.165, 1.54) is 0 Å². The first kappa shape index (κ1) is 28.3. The number of rotatable bonds is 10. The van der Waals surface area contributed by atoms with E-state index in [9.17, 15) is 9.59 Å².